The number of ether oxygens (including phenoxy) is 6. The zero-order valence-electron chi connectivity index (χ0n) is 44.8. The summed E-state index contributed by atoms with van der Waals surface area (Å²) in [5.74, 6) is 1.40. The zero-order chi connectivity index (χ0) is 51.8. The highest BCUT2D eigenvalue weighted by Gasteiger charge is 2.30. The Bertz CT molecular complexity index is 1670. The van der Waals surface area contributed by atoms with Crippen LogP contribution in [0, 0.1) is 5.92 Å². The number of nitrogens with one attached hydrogen (secondary N) is 2. The molecule has 1 aliphatic carbocycles. The monoisotopic (exact) mass is 1050 g/mol. The standard InChI is InChI=1S/C57H97N2O11PS/c1-4-7-8-9-10-11-15-18-21-28-36-69-49(44-68-35-27-20-17-14-12-13-16-19-22-29-48(5-2)6-3)46-72-47-55(56(60)58-34-37-65-38-39-66-40-41-67-42-43-71(62,63)64)59-57(61)70-45-54-52-32-25-23-30-50(52)51-31-24-26-33-53(51)54/h23-26,30-33,48-49,54-55H,4-22,27-29,34-47H2,1-3H3,(H,58,60)(H,59,61)(H2,62,63,64)/t49-,55+/m1/s1. The molecule has 72 heavy (non-hydrogen) atoms. The molecule has 2 aromatic rings. The molecule has 412 valence electrons. The average molecular weight is 1050 g/mol. The Morgan fingerprint density at radius 1 is 0.611 bits per heavy atom. The largest absolute Gasteiger partial charge is 0.449 e. The van der Waals surface area contributed by atoms with Crippen LogP contribution in [0.3, 0.4) is 0 Å². The van der Waals surface area contributed by atoms with E-state index in [1.54, 1.807) is 11.8 Å². The first-order valence-corrected chi connectivity index (χ1v) is 31.1. The Balaban J connectivity index is 1.48. The number of unbranched alkanes of at least 4 members (excludes halogenated alkanes) is 17. The highest BCUT2D eigenvalue weighted by Crippen LogP contribution is 2.44. The Kier molecular flexibility index (Phi) is 36.9. The quantitative estimate of drug-likeness (QED) is 0.0366. The first-order chi connectivity index (χ1) is 35.2. The molecule has 0 spiro atoms. The van der Waals surface area contributed by atoms with E-state index in [-0.39, 0.29) is 70.3 Å². The Labute approximate surface area is 439 Å². The summed E-state index contributed by atoms with van der Waals surface area (Å²) in [6.45, 7) is 10.4. The number of hydrogen-bond donors (Lipinski definition) is 4. The molecular formula is C57H97N2O11PS. The molecule has 0 saturated heterocycles. The lowest BCUT2D eigenvalue weighted by Crippen LogP contribution is -2.49. The fourth-order valence-corrected chi connectivity index (χ4v) is 10.6. The molecule has 3 rings (SSSR count). The summed E-state index contributed by atoms with van der Waals surface area (Å²) >= 11 is 1.56. The van der Waals surface area contributed by atoms with Crippen LogP contribution in [0.2, 0.25) is 0 Å². The molecule has 0 fully saturated rings. The van der Waals surface area contributed by atoms with Gasteiger partial charge >= 0.3 is 13.7 Å². The minimum atomic E-state index is -4.08. The van der Waals surface area contributed by atoms with Gasteiger partial charge in [0.1, 0.15) is 12.6 Å². The number of fused-ring (bicyclic) bond motifs is 3. The van der Waals surface area contributed by atoms with E-state index in [0.717, 1.165) is 47.4 Å². The van der Waals surface area contributed by atoms with Gasteiger partial charge in [-0.05, 0) is 41.0 Å². The Morgan fingerprint density at radius 2 is 1.12 bits per heavy atom. The van der Waals surface area contributed by atoms with Gasteiger partial charge in [0.25, 0.3) is 0 Å². The number of alkyl carbamates (subject to hydrolysis) is 1. The SMILES string of the molecule is CCCCCCCCCCCCO[C@H](COCCCCCCCCCCCC(CC)CC)CSC[C@H](NC(=O)OCC1c2ccccc2-c2ccccc21)C(=O)NCCOCCOCCOCCP(=O)(O)O. The van der Waals surface area contributed by atoms with Gasteiger partial charge in [-0.25, -0.2) is 4.79 Å². The molecule has 0 saturated carbocycles. The van der Waals surface area contributed by atoms with E-state index in [4.69, 9.17) is 38.2 Å². The maximum Gasteiger partial charge on any atom is 0.407 e. The molecule has 0 heterocycles. The van der Waals surface area contributed by atoms with Crippen molar-refractivity contribution in [3.8, 4) is 11.1 Å². The van der Waals surface area contributed by atoms with E-state index in [1.807, 2.05) is 24.3 Å². The van der Waals surface area contributed by atoms with Crippen LogP contribution in [0.1, 0.15) is 179 Å². The number of carbonyl (C=O) groups is 2. The molecule has 2 amide bonds. The van der Waals surface area contributed by atoms with E-state index < -0.39 is 19.7 Å². The second kappa shape index (κ2) is 41.7. The number of carbonyl (C=O) groups excluding carboxylic acids is 2. The lowest BCUT2D eigenvalue weighted by atomic mass is 9.95. The van der Waals surface area contributed by atoms with Crippen molar-refractivity contribution in [1.29, 1.82) is 0 Å². The van der Waals surface area contributed by atoms with Crippen LogP contribution in [0.4, 0.5) is 4.79 Å². The molecule has 2 aromatic carbocycles. The Hall–Kier alpha value is -2.52. The fraction of sp³-hybridized carbons (Fsp3) is 0.754. The summed E-state index contributed by atoms with van der Waals surface area (Å²) in [6, 6.07) is 15.5. The van der Waals surface area contributed by atoms with Gasteiger partial charge in [-0.15, -0.1) is 0 Å². The number of hydrogen-bond acceptors (Lipinski definition) is 10. The third kappa shape index (κ3) is 30.1. The first kappa shape index (κ1) is 63.8. The van der Waals surface area contributed by atoms with Crippen molar-refractivity contribution in [1.82, 2.24) is 10.6 Å². The van der Waals surface area contributed by atoms with Crippen LogP contribution in [-0.2, 0) is 37.8 Å². The third-order valence-corrected chi connectivity index (χ3v) is 15.5. The molecule has 4 N–H and O–H groups in total. The maximum absolute atomic E-state index is 13.7. The van der Waals surface area contributed by atoms with Crippen LogP contribution in [-0.4, -0.2) is 124 Å². The predicted molar refractivity (Wildman–Crippen MR) is 294 cm³/mol. The maximum atomic E-state index is 13.7. The summed E-state index contributed by atoms with van der Waals surface area (Å²) < 4.78 is 45.8. The Morgan fingerprint density at radius 3 is 1.69 bits per heavy atom. The smallest absolute Gasteiger partial charge is 0.407 e. The molecule has 1 aliphatic rings. The van der Waals surface area contributed by atoms with Crippen molar-refractivity contribution >= 4 is 31.4 Å². The van der Waals surface area contributed by atoms with Gasteiger partial charge in [0.05, 0.1) is 58.5 Å². The number of benzene rings is 2. The number of thioether (sulfide) groups is 1. The van der Waals surface area contributed by atoms with Crippen LogP contribution < -0.4 is 10.6 Å². The zero-order valence-corrected chi connectivity index (χ0v) is 46.5. The molecular weight excluding hydrogens is 952 g/mol. The van der Waals surface area contributed by atoms with Gasteiger partial charge in [0.2, 0.25) is 5.91 Å². The van der Waals surface area contributed by atoms with Crippen molar-refractivity contribution in [2.75, 3.05) is 90.3 Å². The van der Waals surface area contributed by atoms with Crippen molar-refractivity contribution < 1.29 is 52.4 Å². The number of amides is 2. The molecule has 0 aromatic heterocycles. The van der Waals surface area contributed by atoms with Crippen molar-refractivity contribution in [2.24, 2.45) is 5.92 Å². The molecule has 13 nitrogen and oxygen atoms in total. The van der Waals surface area contributed by atoms with E-state index in [2.05, 4.69) is 55.7 Å². The van der Waals surface area contributed by atoms with Crippen LogP contribution in [0.25, 0.3) is 11.1 Å². The fourth-order valence-electron chi connectivity index (χ4n) is 9.15. The van der Waals surface area contributed by atoms with E-state index in [9.17, 15) is 14.2 Å². The van der Waals surface area contributed by atoms with Gasteiger partial charge in [0.15, 0.2) is 0 Å². The average Bonchev–Trinajstić information content (AvgIpc) is 3.70. The first-order valence-electron chi connectivity index (χ1n) is 28.1. The molecule has 0 aliphatic heterocycles. The van der Waals surface area contributed by atoms with E-state index >= 15 is 0 Å². The number of rotatable bonds is 48. The summed E-state index contributed by atoms with van der Waals surface area (Å²) in [5.41, 5.74) is 4.51. The van der Waals surface area contributed by atoms with Crippen molar-refractivity contribution in [3.05, 3.63) is 59.7 Å². The highest BCUT2D eigenvalue weighted by molar-refractivity contribution is 7.99. The predicted octanol–water partition coefficient (Wildman–Crippen LogP) is 12.6. The van der Waals surface area contributed by atoms with Gasteiger partial charge in [0, 0.05) is 37.2 Å². The molecule has 0 bridgehead atoms. The topological polar surface area (TPSA) is 171 Å². The van der Waals surface area contributed by atoms with Gasteiger partial charge in [-0.3, -0.25) is 9.36 Å². The minimum absolute atomic E-state index is 0.0407. The summed E-state index contributed by atoms with van der Waals surface area (Å²) in [6.07, 6.45) is 27.0. The van der Waals surface area contributed by atoms with Crippen molar-refractivity contribution in [3.63, 3.8) is 0 Å². The van der Waals surface area contributed by atoms with E-state index in [0.29, 0.717) is 37.9 Å². The molecule has 0 unspecified atom stereocenters. The molecule has 0 radical (unpaired) electrons. The van der Waals surface area contributed by atoms with Crippen LogP contribution >= 0.6 is 19.4 Å². The minimum Gasteiger partial charge on any atom is -0.449 e. The van der Waals surface area contributed by atoms with Gasteiger partial charge in [-0.2, -0.15) is 11.8 Å². The summed E-state index contributed by atoms with van der Waals surface area (Å²) in [5, 5.41) is 5.79. The lowest BCUT2D eigenvalue weighted by Gasteiger charge is -2.22. The normalized spacial score (nSPS) is 13.3. The van der Waals surface area contributed by atoms with E-state index in [1.165, 1.54) is 122 Å². The lowest BCUT2D eigenvalue weighted by molar-refractivity contribution is -0.122. The third-order valence-electron chi connectivity index (χ3n) is 13.6. The van der Waals surface area contributed by atoms with Gasteiger partial charge in [-0.1, -0.05) is 198 Å². The molecule has 15 heteroatoms. The summed E-state index contributed by atoms with van der Waals surface area (Å²) in [7, 11) is -4.08. The highest BCUT2D eigenvalue weighted by atomic mass is 32.2. The second-order valence-electron chi connectivity index (χ2n) is 19.5. The second-order valence-corrected chi connectivity index (χ2v) is 22.3. The molecule has 2 atom stereocenters. The van der Waals surface area contributed by atoms with Gasteiger partial charge < -0.3 is 48.8 Å². The summed E-state index contributed by atoms with van der Waals surface area (Å²) in [4.78, 5) is 45.0. The van der Waals surface area contributed by atoms with Crippen LogP contribution in [0.5, 0.6) is 0 Å². The van der Waals surface area contributed by atoms with Crippen molar-refractivity contribution in [2.45, 2.75) is 180 Å². The van der Waals surface area contributed by atoms with Crippen LogP contribution in [0.15, 0.2) is 48.5 Å².